The summed E-state index contributed by atoms with van der Waals surface area (Å²) in [7, 11) is 0. The molecule has 1 aromatic carbocycles. The molecule has 4 heteroatoms. The molecule has 0 saturated carbocycles. The van der Waals surface area contributed by atoms with E-state index in [-0.39, 0.29) is 11.2 Å². The van der Waals surface area contributed by atoms with Crippen LogP contribution in [0.1, 0.15) is 33.2 Å². The maximum Gasteiger partial charge on any atom is 0.125 e. The lowest BCUT2D eigenvalue weighted by Crippen LogP contribution is -2.32. The summed E-state index contributed by atoms with van der Waals surface area (Å²) in [6, 6.07) is 9.69. The molecular weight excluding hydrogens is 250 g/mol. The van der Waals surface area contributed by atoms with Crippen molar-refractivity contribution >= 4 is 5.82 Å². The monoisotopic (exact) mass is 271 g/mol. The third-order valence-corrected chi connectivity index (χ3v) is 3.92. The van der Waals surface area contributed by atoms with Gasteiger partial charge >= 0.3 is 0 Å². The van der Waals surface area contributed by atoms with Crippen LogP contribution < -0.4 is 5.32 Å². The quantitative estimate of drug-likeness (QED) is 0.832. The molecule has 2 heterocycles. The van der Waals surface area contributed by atoms with E-state index in [9.17, 15) is 5.11 Å². The van der Waals surface area contributed by atoms with Crippen LogP contribution in [0.2, 0.25) is 0 Å². The Morgan fingerprint density at radius 2 is 1.95 bits per heavy atom. The number of aromatic hydroxyl groups is 1. The van der Waals surface area contributed by atoms with Gasteiger partial charge < -0.3 is 10.4 Å². The standard InChI is InChI=1S/C16H21N3O/c1-16(2,3)14-8-9-17-15-10-13(18-19(14)15)11-4-6-12(20)7-5-11/h4-7,10,14,17,20H,8-9H2,1-3H3. The number of fused-ring (bicyclic) bond motifs is 1. The SMILES string of the molecule is CC(C)(C)C1CCNc2cc(-c3ccc(O)cc3)nn21. The van der Waals surface area contributed by atoms with Crippen LogP contribution in [-0.4, -0.2) is 21.4 Å². The molecule has 4 nitrogen and oxygen atoms in total. The zero-order chi connectivity index (χ0) is 14.3. The lowest BCUT2D eigenvalue weighted by atomic mass is 9.84. The minimum atomic E-state index is 0.190. The number of aromatic nitrogens is 2. The van der Waals surface area contributed by atoms with Gasteiger partial charge in [0.15, 0.2) is 0 Å². The maximum atomic E-state index is 9.38. The number of hydrogen-bond donors (Lipinski definition) is 2. The molecule has 1 aliphatic heterocycles. The van der Waals surface area contributed by atoms with E-state index >= 15 is 0 Å². The summed E-state index contributed by atoms with van der Waals surface area (Å²) in [4.78, 5) is 0. The van der Waals surface area contributed by atoms with Crippen LogP contribution in [0.4, 0.5) is 5.82 Å². The molecule has 1 atom stereocenters. The third kappa shape index (κ3) is 2.26. The Morgan fingerprint density at radius 1 is 1.25 bits per heavy atom. The first-order valence-electron chi connectivity index (χ1n) is 7.08. The molecule has 2 aromatic rings. The highest BCUT2D eigenvalue weighted by Gasteiger charge is 2.31. The fourth-order valence-electron chi connectivity index (χ4n) is 2.80. The Bertz CT molecular complexity index is 608. The first kappa shape index (κ1) is 13.0. The molecule has 0 spiro atoms. The maximum absolute atomic E-state index is 9.38. The van der Waals surface area contributed by atoms with Gasteiger partial charge in [-0.1, -0.05) is 20.8 Å². The van der Waals surface area contributed by atoms with Gasteiger partial charge in [0, 0.05) is 18.2 Å². The molecule has 0 bridgehead atoms. The highest BCUT2D eigenvalue weighted by molar-refractivity contribution is 5.64. The van der Waals surface area contributed by atoms with Crippen LogP contribution in [0.5, 0.6) is 5.75 Å². The van der Waals surface area contributed by atoms with Crippen LogP contribution in [0.15, 0.2) is 30.3 Å². The molecular formula is C16H21N3O. The van der Waals surface area contributed by atoms with Crippen molar-refractivity contribution < 1.29 is 5.11 Å². The van der Waals surface area contributed by atoms with Gasteiger partial charge in [-0.15, -0.1) is 0 Å². The van der Waals surface area contributed by atoms with Gasteiger partial charge in [0.25, 0.3) is 0 Å². The van der Waals surface area contributed by atoms with Crippen molar-refractivity contribution in [3.05, 3.63) is 30.3 Å². The molecule has 106 valence electrons. The third-order valence-electron chi connectivity index (χ3n) is 3.92. The minimum absolute atomic E-state index is 0.190. The van der Waals surface area contributed by atoms with Crippen LogP contribution >= 0.6 is 0 Å². The van der Waals surface area contributed by atoms with E-state index in [0.717, 1.165) is 30.0 Å². The number of phenolic OH excluding ortho intramolecular Hbond substituents is 1. The van der Waals surface area contributed by atoms with E-state index in [4.69, 9.17) is 5.10 Å². The largest absolute Gasteiger partial charge is 0.508 e. The Kier molecular flexibility index (Phi) is 2.96. The normalized spacial score (nSPS) is 18.4. The van der Waals surface area contributed by atoms with Gasteiger partial charge in [-0.3, -0.25) is 0 Å². The second-order valence-electron chi connectivity index (χ2n) is 6.50. The Labute approximate surface area is 119 Å². The molecule has 2 N–H and O–H groups in total. The van der Waals surface area contributed by atoms with Crippen LogP contribution in [-0.2, 0) is 0 Å². The first-order chi connectivity index (χ1) is 9.45. The Balaban J connectivity index is 2.01. The molecule has 0 amide bonds. The predicted molar refractivity (Wildman–Crippen MR) is 80.9 cm³/mol. The van der Waals surface area contributed by atoms with E-state index in [1.807, 2.05) is 12.1 Å². The smallest absolute Gasteiger partial charge is 0.125 e. The van der Waals surface area contributed by atoms with E-state index in [0.29, 0.717) is 6.04 Å². The molecule has 3 rings (SSSR count). The summed E-state index contributed by atoms with van der Waals surface area (Å²) in [5.41, 5.74) is 2.16. The zero-order valence-electron chi connectivity index (χ0n) is 12.2. The van der Waals surface area contributed by atoms with Crippen molar-refractivity contribution in [1.29, 1.82) is 0 Å². The second kappa shape index (κ2) is 4.54. The summed E-state index contributed by atoms with van der Waals surface area (Å²) in [6.45, 7) is 7.76. The van der Waals surface area contributed by atoms with E-state index < -0.39 is 0 Å². The Hall–Kier alpha value is -1.97. The van der Waals surface area contributed by atoms with Gasteiger partial charge in [0.2, 0.25) is 0 Å². The van der Waals surface area contributed by atoms with Gasteiger partial charge in [0.1, 0.15) is 11.6 Å². The number of nitrogens with zero attached hydrogens (tertiary/aromatic N) is 2. The Morgan fingerprint density at radius 3 is 2.60 bits per heavy atom. The summed E-state index contributed by atoms with van der Waals surface area (Å²) >= 11 is 0. The number of benzene rings is 1. The fourth-order valence-corrected chi connectivity index (χ4v) is 2.80. The summed E-state index contributed by atoms with van der Waals surface area (Å²) in [5.74, 6) is 1.36. The summed E-state index contributed by atoms with van der Waals surface area (Å²) in [5, 5.41) is 17.6. The number of rotatable bonds is 1. The molecule has 1 aromatic heterocycles. The highest BCUT2D eigenvalue weighted by Crippen LogP contribution is 2.38. The molecule has 1 unspecified atom stereocenters. The van der Waals surface area contributed by atoms with Crippen LogP contribution in [0.3, 0.4) is 0 Å². The lowest BCUT2D eigenvalue weighted by Gasteiger charge is -2.35. The number of anilines is 1. The second-order valence-corrected chi connectivity index (χ2v) is 6.50. The van der Waals surface area contributed by atoms with Crippen molar-refractivity contribution in [2.75, 3.05) is 11.9 Å². The lowest BCUT2D eigenvalue weighted by molar-refractivity contribution is 0.211. The van der Waals surface area contributed by atoms with E-state index in [1.165, 1.54) is 0 Å². The van der Waals surface area contributed by atoms with E-state index in [2.05, 4.69) is 36.8 Å². The summed E-state index contributed by atoms with van der Waals surface area (Å²) < 4.78 is 2.12. The molecule has 0 aliphatic carbocycles. The van der Waals surface area contributed by atoms with Gasteiger partial charge in [-0.05, 0) is 36.1 Å². The van der Waals surface area contributed by atoms with Crippen LogP contribution in [0.25, 0.3) is 11.3 Å². The molecule has 0 saturated heterocycles. The zero-order valence-corrected chi connectivity index (χ0v) is 12.2. The predicted octanol–water partition coefficient (Wildman–Crippen LogP) is 3.66. The first-order valence-corrected chi connectivity index (χ1v) is 7.08. The number of hydrogen-bond acceptors (Lipinski definition) is 3. The minimum Gasteiger partial charge on any atom is -0.508 e. The van der Waals surface area contributed by atoms with Crippen molar-refractivity contribution in [3.8, 4) is 17.0 Å². The molecule has 20 heavy (non-hydrogen) atoms. The number of nitrogens with one attached hydrogen (secondary N) is 1. The van der Waals surface area contributed by atoms with E-state index in [1.54, 1.807) is 12.1 Å². The van der Waals surface area contributed by atoms with Crippen molar-refractivity contribution in [3.63, 3.8) is 0 Å². The number of phenols is 1. The highest BCUT2D eigenvalue weighted by atomic mass is 16.3. The van der Waals surface area contributed by atoms with Gasteiger partial charge in [-0.2, -0.15) is 5.10 Å². The topological polar surface area (TPSA) is 50.1 Å². The van der Waals surface area contributed by atoms with Gasteiger partial charge in [0.05, 0.1) is 11.7 Å². The van der Waals surface area contributed by atoms with Crippen molar-refractivity contribution in [1.82, 2.24) is 9.78 Å². The average Bonchev–Trinajstić information content (AvgIpc) is 2.81. The average molecular weight is 271 g/mol. The fraction of sp³-hybridized carbons (Fsp3) is 0.438. The molecule has 0 fully saturated rings. The van der Waals surface area contributed by atoms with Crippen LogP contribution in [0, 0.1) is 5.41 Å². The molecule has 1 aliphatic rings. The van der Waals surface area contributed by atoms with Crippen molar-refractivity contribution in [2.24, 2.45) is 5.41 Å². The van der Waals surface area contributed by atoms with Gasteiger partial charge in [-0.25, -0.2) is 4.68 Å². The molecule has 0 radical (unpaired) electrons. The summed E-state index contributed by atoms with van der Waals surface area (Å²) in [6.07, 6.45) is 1.09. The van der Waals surface area contributed by atoms with Crippen molar-refractivity contribution in [2.45, 2.75) is 33.2 Å².